The SMILES string of the molecule is O=C(C=Cc1ccccc1)N1CCC(C(=O)N2CCCCCC2)CC1. The molecule has 4 nitrogen and oxygen atoms in total. The second kappa shape index (κ2) is 8.84. The van der Waals surface area contributed by atoms with Crippen LogP contribution in [-0.4, -0.2) is 47.8 Å². The number of piperidine rings is 1. The summed E-state index contributed by atoms with van der Waals surface area (Å²) in [5.41, 5.74) is 1.03. The van der Waals surface area contributed by atoms with Crippen LogP contribution >= 0.6 is 0 Å². The lowest BCUT2D eigenvalue weighted by molar-refractivity contribution is -0.139. The Kier molecular flexibility index (Phi) is 6.26. The molecule has 3 rings (SSSR count). The van der Waals surface area contributed by atoms with Gasteiger partial charge in [-0.25, -0.2) is 0 Å². The Morgan fingerprint density at radius 3 is 2.12 bits per heavy atom. The van der Waals surface area contributed by atoms with E-state index < -0.39 is 0 Å². The van der Waals surface area contributed by atoms with Crippen LogP contribution in [0.5, 0.6) is 0 Å². The molecule has 2 aliphatic heterocycles. The summed E-state index contributed by atoms with van der Waals surface area (Å²) < 4.78 is 0. The minimum atomic E-state index is 0.0459. The van der Waals surface area contributed by atoms with E-state index in [2.05, 4.69) is 4.90 Å². The minimum Gasteiger partial charge on any atom is -0.342 e. The summed E-state index contributed by atoms with van der Waals surface area (Å²) in [7, 11) is 0. The van der Waals surface area contributed by atoms with Crippen LogP contribution in [0.4, 0.5) is 0 Å². The second-order valence-electron chi connectivity index (χ2n) is 7.08. The monoisotopic (exact) mass is 340 g/mol. The van der Waals surface area contributed by atoms with Crippen LogP contribution in [0.25, 0.3) is 6.08 Å². The second-order valence-corrected chi connectivity index (χ2v) is 7.08. The lowest BCUT2D eigenvalue weighted by atomic mass is 9.95. The molecule has 0 spiro atoms. The number of nitrogens with zero attached hydrogens (tertiary/aromatic N) is 2. The highest BCUT2D eigenvalue weighted by molar-refractivity contribution is 5.92. The number of carbonyl (C=O) groups is 2. The van der Waals surface area contributed by atoms with Crippen LogP contribution in [-0.2, 0) is 9.59 Å². The molecule has 134 valence electrons. The van der Waals surface area contributed by atoms with Crippen molar-refractivity contribution in [3.63, 3.8) is 0 Å². The Balaban J connectivity index is 1.48. The summed E-state index contributed by atoms with van der Waals surface area (Å²) >= 11 is 0. The predicted octanol–water partition coefficient (Wildman–Crippen LogP) is 3.34. The van der Waals surface area contributed by atoms with Crippen LogP contribution < -0.4 is 0 Å². The van der Waals surface area contributed by atoms with Crippen molar-refractivity contribution in [2.75, 3.05) is 26.2 Å². The van der Waals surface area contributed by atoms with E-state index in [1.165, 1.54) is 12.8 Å². The summed E-state index contributed by atoms with van der Waals surface area (Å²) in [6.07, 6.45) is 9.83. The molecule has 0 N–H and O–H groups in total. The van der Waals surface area contributed by atoms with Gasteiger partial charge in [0.2, 0.25) is 11.8 Å². The first-order valence-corrected chi connectivity index (χ1v) is 9.55. The van der Waals surface area contributed by atoms with Gasteiger partial charge in [-0.15, -0.1) is 0 Å². The van der Waals surface area contributed by atoms with E-state index in [0.29, 0.717) is 19.0 Å². The molecule has 0 aliphatic carbocycles. The smallest absolute Gasteiger partial charge is 0.246 e. The number of carbonyl (C=O) groups excluding carboxylic acids is 2. The summed E-state index contributed by atoms with van der Waals surface area (Å²) in [5, 5.41) is 0. The van der Waals surface area contributed by atoms with Gasteiger partial charge in [0, 0.05) is 38.2 Å². The molecule has 2 fully saturated rings. The number of hydrogen-bond donors (Lipinski definition) is 0. The van der Waals surface area contributed by atoms with Crippen molar-refractivity contribution < 1.29 is 9.59 Å². The molecular formula is C21H28N2O2. The van der Waals surface area contributed by atoms with Crippen molar-refractivity contribution in [1.29, 1.82) is 0 Å². The van der Waals surface area contributed by atoms with Crippen LogP contribution in [0.3, 0.4) is 0 Å². The van der Waals surface area contributed by atoms with Crippen molar-refractivity contribution in [2.45, 2.75) is 38.5 Å². The minimum absolute atomic E-state index is 0.0459. The molecule has 0 bridgehead atoms. The summed E-state index contributed by atoms with van der Waals surface area (Å²) in [6, 6.07) is 9.85. The molecule has 2 heterocycles. The summed E-state index contributed by atoms with van der Waals surface area (Å²) in [6.45, 7) is 3.19. The lowest BCUT2D eigenvalue weighted by Gasteiger charge is -2.33. The molecule has 25 heavy (non-hydrogen) atoms. The molecule has 0 saturated carbocycles. The molecule has 2 aliphatic rings. The first-order chi connectivity index (χ1) is 12.2. The number of rotatable bonds is 3. The molecule has 0 aromatic heterocycles. The number of amides is 2. The maximum atomic E-state index is 12.7. The molecule has 2 saturated heterocycles. The Labute approximate surface area is 150 Å². The zero-order chi connectivity index (χ0) is 17.5. The van der Waals surface area contributed by atoms with Crippen molar-refractivity contribution in [1.82, 2.24) is 9.80 Å². The van der Waals surface area contributed by atoms with Gasteiger partial charge in [-0.05, 0) is 37.3 Å². The largest absolute Gasteiger partial charge is 0.342 e. The fourth-order valence-electron chi connectivity index (χ4n) is 3.73. The van der Waals surface area contributed by atoms with Crippen LogP contribution in [0.15, 0.2) is 36.4 Å². The highest BCUT2D eigenvalue weighted by Crippen LogP contribution is 2.22. The summed E-state index contributed by atoms with van der Waals surface area (Å²) in [5.74, 6) is 0.457. The van der Waals surface area contributed by atoms with Gasteiger partial charge in [-0.3, -0.25) is 9.59 Å². The Bertz CT molecular complexity index is 596. The van der Waals surface area contributed by atoms with E-state index in [4.69, 9.17) is 0 Å². The number of benzene rings is 1. The van der Waals surface area contributed by atoms with Crippen LogP contribution in [0, 0.1) is 5.92 Å². The third kappa shape index (κ3) is 4.94. The van der Waals surface area contributed by atoms with Gasteiger partial charge in [0.05, 0.1) is 0 Å². The Morgan fingerprint density at radius 1 is 0.840 bits per heavy atom. The van der Waals surface area contributed by atoms with Crippen molar-refractivity contribution in [3.05, 3.63) is 42.0 Å². The fourth-order valence-corrected chi connectivity index (χ4v) is 3.73. The van der Waals surface area contributed by atoms with E-state index in [1.807, 2.05) is 41.3 Å². The van der Waals surface area contributed by atoms with E-state index >= 15 is 0 Å². The molecule has 1 aromatic rings. The third-order valence-electron chi connectivity index (χ3n) is 5.29. The molecule has 0 radical (unpaired) electrons. The molecule has 0 unspecified atom stereocenters. The van der Waals surface area contributed by atoms with Gasteiger partial charge in [-0.2, -0.15) is 0 Å². The molecular weight excluding hydrogens is 312 g/mol. The quantitative estimate of drug-likeness (QED) is 0.792. The van der Waals surface area contributed by atoms with Gasteiger partial charge in [-0.1, -0.05) is 43.2 Å². The predicted molar refractivity (Wildman–Crippen MR) is 99.8 cm³/mol. The van der Waals surface area contributed by atoms with Gasteiger partial charge in [0.25, 0.3) is 0 Å². The van der Waals surface area contributed by atoms with E-state index in [0.717, 1.165) is 44.3 Å². The maximum Gasteiger partial charge on any atom is 0.246 e. The zero-order valence-electron chi connectivity index (χ0n) is 14.9. The fraction of sp³-hybridized carbons (Fsp3) is 0.524. The van der Waals surface area contributed by atoms with E-state index in [-0.39, 0.29) is 11.8 Å². The number of hydrogen-bond acceptors (Lipinski definition) is 2. The number of likely N-dealkylation sites (tertiary alicyclic amines) is 2. The highest BCUT2D eigenvalue weighted by atomic mass is 16.2. The van der Waals surface area contributed by atoms with Crippen molar-refractivity contribution >= 4 is 17.9 Å². The Hall–Kier alpha value is -2.10. The lowest BCUT2D eigenvalue weighted by Crippen LogP contribution is -2.44. The first-order valence-electron chi connectivity index (χ1n) is 9.55. The molecule has 2 amide bonds. The van der Waals surface area contributed by atoms with Crippen LogP contribution in [0.2, 0.25) is 0 Å². The highest BCUT2D eigenvalue weighted by Gasteiger charge is 2.29. The van der Waals surface area contributed by atoms with Crippen molar-refractivity contribution in [2.24, 2.45) is 5.92 Å². The summed E-state index contributed by atoms with van der Waals surface area (Å²) in [4.78, 5) is 29.0. The molecule has 0 atom stereocenters. The normalized spacial score (nSPS) is 19.8. The average molecular weight is 340 g/mol. The zero-order valence-corrected chi connectivity index (χ0v) is 14.9. The molecule has 1 aromatic carbocycles. The van der Waals surface area contributed by atoms with Crippen molar-refractivity contribution in [3.8, 4) is 0 Å². The standard InChI is InChI=1S/C21H28N2O2/c24-20(11-10-18-8-4-3-5-9-18)22-16-12-19(13-17-22)21(25)23-14-6-1-2-7-15-23/h3-5,8-11,19H,1-2,6-7,12-17H2. The van der Waals surface area contributed by atoms with E-state index in [9.17, 15) is 9.59 Å². The third-order valence-corrected chi connectivity index (χ3v) is 5.29. The first kappa shape index (κ1) is 17.7. The maximum absolute atomic E-state index is 12.7. The molecule has 4 heteroatoms. The van der Waals surface area contributed by atoms with Crippen LogP contribution in [0.1, 0.15) is 44.1 Å². The van der Waals surface area contributed by atoms with Gasteiger partial charge in [0.15, 0.2) is 0 Å². The average Bonchev–Trinajstić information content (AvgIpc) is 2.96. The van der Waals surface area contributed by atoms with Gasteiger partial charge in [0.1, 0.15) is 0 Å². The van der Waals surface area contributed by atoms with E-state index in [1.54, 1.807) is 6.08 Å². The van der Waals surface area contributed by atoms with Gasteiger partial charge >= 0.3 is 0 Å². The van der Waals surface area contributed by atoms with Gasteiger partial charge < -0.3 is 9.80 Å². The Morgan fingerprint density at radius 2 is 1.48 bits per heavy atom. The topological polar surface area (TPSA) is 40.6 Å².